The van der Waals surface area contributed by atoms with Crippen LogP contribution in [0.1, 0.15) is 27.3 Å². The van der Waals surface area contributed by atoms with Crippen molar-refractivity contribution in [1.82, 2.24) is 14.5 Å². The fourth-order valence-electron chi connectivity index (χ4n) is 5.23. The highest BCUT2D eigenvalue weighted by molar-refractivity contribution is 6.04. The van der Waals surface area contributed by atoms with Gasteiger partial charge in [-0.2, -0.15) is 0 Å². The van der Waals surface area contributed by atoms with Crippen LogP contribution in [0, 0.1) is 0 Å². The topological polar surface area (TPSA) is 78.3 Å². The van der Waals surface area contributed by atoms with Crippen LogP contribution in [0.4, 0.5) is 0 Å². The minimum absolute atomic E-state index is 0.182. The third-order valence-electron chi connectivity index (χ3n) is 6.75. The monoisotopic (exact) mass is 449 g/mol. The molecule has 2 aromatic heterocycles. The number of hydrogen-bond acceptors (Lipinski definition) is 3. The van der Waals surface area contributed by atoms with E-state index in [0.29, 0.717) is 35.2 Å². The molecule has 6 rings (SSSR count). The Balaban J connectivity index is 1.51. The Hall–Kier alpha value is -4.16. The van der Waals surface area contributed by atoms with E-state index in [0.717, 1.165) is 24.2 Å². The lowest BCUT2D eigenvalue weighted by Gasteiger charge is -2.29. The number of H-pyrrole nitrogens is 1. The quantitative estimate of drug-likeness (QED) is 0.416. The zero-order valence-electron chi connectivity index (χ0n) is 18.5. The van der Waals surface area contributed by atoms with E-state index in [4.69, 9.17) is 0 Å². The molecule has 0 unspecified atom stereocenters. The van der Waals surface area contributed by atoms with Crippen LogP contribution in [-0.2, 0) is 19.5 Å². The van der Waals surface area contributed by atoms with E-state index < -0.39 is 5.97 Å². The lowest BCUT2D eigenvalue weighted by Crippen LogP contribution is -2.34. The van der Waals surface area contributed by atoms with E-state index >= 15 is 0 Å². The van der Waals surface area contributed by atoms with Crippen molar-refractivity contribution in [3.05, 3.63) is 112 Å². The Morgan fingerprint density at radius 3 is 2.32 bits per heavy atom. The molecule has 0 saturated heterocycles. The molecule has 0 radical (unpaired) electrons. The van der Waals surface area contributed by atoms with Gasteiger partial charge in [0, 0.05) is 52.7 Å². The first-order valence-electron chi connectivity index (χ1n) is 11.4. The number of fused-ring (bicyclic) bond motifs is 4. The van der Waals surface area contributed by atoms with Gasteiger partial charge in [-0.05, 0) is 36.2 Å². The molecule has 1 aliphatic rings. The van der Waals surface area contributed by atoms with E-state index in [1.807, 2.05) is 36.4 Å². The van der Waals surface area contributed by atoms with Crippen LogP contribution >= 0.6 is 0 Å². The van der Waals surface area contributed by atoms with Gasteiger partial charge in [-0.3, -0.25) is 14.3 Å². The molecule has 3 aromatic carbocycles. The van der Waals surface area contributed by atoms with Crippen molar-refractivity contribution < 1.29 is 9.90 Å². The fourth-order valence-corrected chi connectivity index (χ4v) is 5.23. The highest BCUT2D eigenvalue weighted by Crippen LogP contribution is 2.30. The number of para-hydroxylation sites is 2. The first-order chi connectivity index (χ1) is 16.6. The Kier molecular flexibility index (Phi) is 4.81. The molecule has 6 nitrogen and oxygen atoms in total. The number of rotatable bonds is 4. The molecule has 0 saturated carbocycles. The molecule has 0 bridgehead atoms. The van der Waals surface area contributed by atoms with Gasteiger partial charge < -0.3 is 10.1 Å². The van der Waals surface area contributed by atoms with Gasteiger partial charge in [0.2, 0.25) is 0 Å². The van der Waals surface area contributed by atoms with Gasteiger partial charge in [-0.1, -0.05) is 54.6 Å². The maximum atomic E-state index is 13.6. The molecule has 3 heterocycles. The average molecular weight is 450 g/mol. The number of nitrogens with one attached hydrogen (secondary N) is 1. The summed E-state index contributed by atoms with van der Waals surface area (Å²) in [5.74, 6) is -1.03. The van der Waals surface area contributed by atoms with Gasteiger partial charge in [0.1, 0.15) is 0 Å². The molecule has 0 spiro atoms. The molecule has 168 valence electrons. The highest BCUT2D eigenvalue weighted by atomic mass is 16.4. The number of nitrogens with zero attached hydrogens (tertiary/aromatic N) is 2. The standard InChI is InChI=1S/C28H23N3O3/c32-27-22-12-5-4-11-21(22)26(28(33)34)25(31(27)18-8-2-1-3-9-18)17-30-15-14-20-19-10-6-7-13-23(19)29-24(20)16-30/h1-13,29H,14-17H2,(H,33,34). The summed E-state index contributed by atoms with van der Waals surface area (Å²) in [4.78, 5) is 31.9. The van der Waals surface area contributed by atoms with Crippen molar-refractivity contribution in [3.63, 3.8) is 0 Å². The minimum atomic E-state index is -1.03. The normalized spacial score (nSPS) is 13.9. The Morgan fingerprint density at radius 2 is 1.56 bits per heavy atom. The van der Waals surface area contributed by atoms with Crippen molar-refractivity contribution in [2.24, 2.45) is 0 Å². The number of pyridine rings is 1. The van der Waals surface area contributed by atoms with Crippen molar-refractivity contribution in [1.29, 1.82) is 0 Å². The molecule has 6 heteroatoms. The number of aromatic amines is 1. The van der Waals surface area contributed by atoms with E-state index in [9.17, 15) is 14.7 Å². The van der Waals surface area contributed by atoms with E-state index in [2.05, 4.69) is 28.1 Å². The van der Waals surface area contributed by atoms with Gasteiger partial charge in [-0.25, -0.2) is 4.79 Å². The number of aromatic nitrogens is 2. The predicted octanol–water partition coefficient (Wildman–Crippen LogP) is 4.73. The maximum Gasteiger partial charge on any atom is 0.338 e. The molecule has 5 aromatic rings. The number of hydrogen-bond donors (Lipinski definition) is 2. The summed E-state index contributed by atoms with van der Waals surface area (Å²) in [5.41, 5.74) is 4.74. The number of aromatic carboxylic acids is 1. The average Bonchev–Trinajstić information content (AvgIpc) is 3.22. The first kappa shape index (κ1) is 20.4. The minimum Gasteiger partial charge on any atom is -0.478 e. The van der Waals surface area contributed by atoms with Crippen LogP contribution in [0.2, 0.25) is 0 Å². The SMILES string of the molecule is O=C(O)c1c(CN2CCc3c([nH]c4ccccc34)C2)n(-c2ccccc2)c(=O)c2ccccc12. The van der Waals surface area contributed by atoms with Crippen LogP contribution < -0.4 is 5.56 Å². The third kappa shape index (κ3) is 3.23. The summed E-state index contributed by atoms with van der Waals surface area (Å²) >= 11 is 0. The van der Waals surface area contributed by atoms with Gasteiger partial charge in [0.25, 0.3) is 5.56 Å². The first-order valence-corrected chi connectivity index (χ1v) is 11.4. The summed E-state index contributed by atoms with van der Waals surface area (Å²) in [6.45, 7) is 1.80. The molecular formula is C28H23N3O3. The van der Waals surface area contributed by atoms with Gasteiger partial charge in [0.15, 0.2) is 0 Å². The van der Waals surface area contributed by atoms with Crippen molar-refractivity contribution >= 4 is 27.6 Å². The largest absolute Gasteiger partial charge is 0.478 e. The molecule has 0 fully saturated rings. The Labute approximate surface area is 195 Å². The van der Waals surface area contributed by atoms with Crippen molar-refractivity contribution in [2.45, 2.75) is 19.5 Å². The predicted molar refractivity (Wildman–Crippen MR) is 133 cm³/mol. The fraction of sp³-hybridized carbons (Fsp3) is 0.143. The van der Waals surface area contributed by atoms with Gasteiger partial charge in [0.05, 0.1) is 11.3 Å². The number of benzene rings is 3. The summed E-state index contributed by atoms with van der Waals surface area (Å²) in [6, 6.07) is 24.6. The van der Waals surface area contributed by atoms with Crippen molar-refractivity contribution in [3.8, 4) is 5.69 Å². The van der Waals surface area contributed by atoms with Gasteiger partial charge in [-0.15, -0.1) is 0 Å². The molecule has 0 atom stereocenters. The van der Waals surface area contributed by atoms with Crippen molar-refractivity contribution in [2.75, 3.05) is 6.54 Å². The van der Waals surface area contributed by atoms with E-state index in [-0.39, 0.29) is 11.1 Å². The van der Waals surface area contributed by atoms with Crippen LogP contribution in [0.3, 0.4) is 0 Å². The third-order valence-corrected chi connectivity index (χ3v) is 6.75. The summed E-state index contributed by atoms with van der Waals surface area (Å²) in [7, 11) is 0. The van der Waals surface area contributed by atoms with Crippen LogP contribution in [0.15, 0.2) is 83.7 Å². The molecule has 0 aliphatic carbocycles. The Bertz CT molecular complexity index is 1620. The number of carboxylic acid groups (broad SMARTS) is 1. The summed E-state index contributed by atoms with van der Waals surface area (Å²) in [5, 5.41) is 12.4. The second-order valence-corrected chi connectivity index (χ2v) is 8.74. The van der Waals surface area contributed by atoms with E-state index in [1.165, 1.54) is 10.9 Å². The Morgan fingerprint density at radius 1 is 0.882 bits per heavy atom. The lowest BCUT2D eigenvalue weighted by atomic mass is 10.0. The number of carbonyl (C=O) groups is 1. The molecular weight excluding hydrogens is 426 g/mol. The summed E-state index contributed by atoms with van der Waals surface area (Å²) < 4.78 is 1.58. The number of carboxylic acids is 1. The zero-order valence-corrected chi connectivity index (χ0v) is 18.5. The molecule has 34 heavy (non-hydrogen) atoms. The van der Waals surface area contributed by atoms with Crippen LogP contribution in [-0.4, -0.2) is 32.1 Å². The molecule has 1 aliphatic heterocycles. The zero-order chi connectivity index (χ0) is 23.2. The second-order valence-electron chi connectivity index (χ2n) is 8.74. The lowest BCUT2D eigenvalue weighted by molar-refractivity contribution is 0.0695. The van der Waals surface area contributed by atoms with E-state index in [1.54, 1.807) is 28.8 Å². The van der Waals surface area contributed by atoms with Crippen LogP contribution in [0.5, 0.6) is 0 Å². The van der Waals surface area contributed by atoms with Gasteiger partial charge >= 0.3 is 5.97 Å². The molecule has 0 amide bonds. The van der Waals surface area contributed by atoms with Crippen LogP contribution in [0.25, 0.3) is 27.4 Å². The maximum absolute atomic E-state index is 13.6. The molecule has 2 N–H and O–H groups in total. The smallest absolute Gasteiger partial charge is 0.338 e. The summed E-state index contributed by atoms with van der Waals surface area (Å²) in [6.07, 6.45) is 0.866. The highest BCUT2D eigenvalue weighted by Gasteiger charge is 2.26. The second kappa shape index (κ2) is 8.01.